The number of nitrogens with one attached hydrogen (secondary N) is 1. The summed E-state index contributed by atoms with van der Waals surface area (Å²) >= 11 is 0. The molecule has 6 nitrogen and oxygen atoms in total. The van der Waals surface area contributed by atoms with E-state index >= 15 is 0 Å². The van der Waals surface area contributed by atoms with Gasteiger partial charge in [-0.15, -0.1) is 0 Å². The summed E-state index contributed by atoms with van der Waals surface area (Å²) in [5.74, 6) is 2.01. The van der Waals surface area contributed by atoms with Crippen molar-refractivity contribution in [2.45, 2.75) is 26.7 Å². The molecule has 0 spiro atoms. The van der Waals surface area contributed by atoms with Crippen LogP contribution in [0, 0.1) is 12.8 Å². The van der Waals surface area contributed by atoms with E-state index < -0.39 is 0 Å². The molecule has 1 N–H and O–H groups in total. The number of aryl methyl sites for hydroxylation is 1. The Morgan fingerprint density at radius 3 is 2.42 bits per heavy atom. The molecular weight excluding hydrogens is 326 g/mol. The van der Waals surface area contributed by atoms with Gasteiger partial charge in [0.1, 0.15) is 17.3 Å². The highest BCUT2D eigenvalue weighted by molar-refractivity contribution is 6.03. The lowest BCUT2D eigenvalue weighted by Gasteiger charge is -2.31. The quantitative estimate of drug-likeness (QED) is 0.913. The fourth-order valence-corrected chi connectivity index (χ4v) is 3.11. The number of hydrogen-bond donors (Lipinski definition) is 1. The summed E-state index contributed by atoms with van der Waals surface area (Å²) in [5, 5.41) is 2.92. The first-order chi connectivity index (χ1) is 12.4. The van der Waals surface area contributed by atoms with Gasteiger partial charge >= 0.3 is 0 Å². The van der Waals surface area contributed by atoms with Gasteiger partial charge in [0.25, 0.3) is 5.91 Å². The van der Waals surface area contributed by atoms with Crippen LogP contribution < -0.4 is 15.1 Å². The van der Waals surface area contributed by atoms with E-state index in [1.165, 1.54) is 0 Å². The van der Waals surface area contributed by atoms with Gasteiger partial charge in [-0.1, -0.05) is 6.92 Å². The number of rotatable bonds is 4. The summed E-state index contributed by atoms with van der Waals surface area (Å²) in [5.41, 5.74) is 2.25. The lowest BCUT2D eigenvalue weighted by Crippen LogP contribution is -2.34. The van der Waals surface area contributed by atoms with Crippen LogP contribution in [0.3, 0.4) is 0 Å². The van der Waals surface area contributed by atoms with E-state index in [1.54, 1.807) is 6.07 Å². The zero-order valence-electron chi connectivity index (χ0n) is 16.0. The van der Waals surface area contributed by atoms with Crippen LogP contribution in [0.4, 0.5) is 17.2 Å². The molecule has 26 heavy (non-hydrogen) atoms. The number of benzene rings is 1. The molecule has 0 bridgehead atoms. The Kier molecular flexibility index (Phi) is 5.40. The number of amides is 1. The highest BCUT2D eigenvalue weighted by Gasteiger charge is 2.19. The summed E-state index contributed by atoms with van der Waals surface area (Å²) in [6.45, 7) is 6.07. The predicted molar refractivity (Wildman–Crippen MR) is 106 cm³/mol. The van der Waals surface area contributed by atoms with E-state index in [0.717, 1.165) is 49.0 Å². The van der Waals surface area contributed by atoms with Crippen molar-refractivity contribution in [2.75, 3.05) is 42.3 Å². The van der Waals surface area contributed by atoms with Crippen LogP contribution >= 0.6 is 0 Å². The fraction of sp³-hybridized carbons (Fsp3) is 0.450. The van der Waals surface area contributed by atoms with Gasteiger partial charge in [-0.25, -0.2) is 9.97 Å². The van der Waals surface area contributed by atoms with Gasteiger partial charge in [0.2, 0.25) is 0 Å². The molecule has 3 rings (SSSR count). The zero-order chi connectivity index (χ0) is 18.7. The first-order valence-electron chi connectivity index (χ1n) is 9.12. The smallest absolute Gasteiger partial charge is 0.274 e. The average molecular weight is 353 g/mol. The van der Waals surface area contributed by atoms with Crippen molar-refractivity contribution in [3.63, 3.8) is 0 Å². The Balaban J connectivity index is 1.74. The Hall–Kier alpha value is -2.63. The van der Waals surface area contributed by atoms with E-state index in [0.29, 0.717) is 11.5 Å². The van der Waals surface area contributed by atoms with Gasteiger partial charge in [-0.05, 0) is 49.9 Å². The van der Waals surface area contributed by atoms with Gasteiger partial charge in [-0.2, -0.15) is 0 Å². The van der Waals surface area contributed by atoms with Crippen LogP contribution in [0.1, 0.15) is 36.1 Å². The molecule has 0 atom stereocenters. The second-order valence-corrected chi connectivity index (χ2v) is 7.22. The molecule has 0 saturated carbocycles. The third kappa shape index (κ3) is 4.31. The lowest BCUT2D eigenvalue weighted by atomic mass is 9.99. The van der Waals surface area contributed by atoms with Crippen LogP contribution in [-0.2, 0) is 0 Å². The van der Waals surface area contributed by atoms with E-state index in [9.17, 15) is 4.79 Å². The van der Waals surface area contributed by atoms with Crippen molar-refractivity contribution in [1.82, 2.24) is 9.97 Å². The minimum absolute atomic E-state index is 0.209. The molecular formula is C20H27N5O. The molecule has 1 aromatic carbocycles. The van der Waals surface area contributed by atoms with Crippen molar-refractivity contribution in [2.24, 2.45) is 5.92 Å². The molecule has 1 aliphatic heterocycles. The molecule has 1 amide bonds. The van der Waals surface area contributed by atoms with Gasteiger partial charge in [0, 0.05) is 44.6 Å². The van der Waals surface area contributed by atoms with Gasteiger partial charge in [-0.3, -0.25) is 4.79 Å². The largest absolute Gasteiger partial charge is 0.378 e. The monoisotopic (exact) mass is 353 g/mol. The Morgan fingerprint density at radius 2 is 1.81 bits per heavy atom. The molecule has 0 radical (unpaired) electrons. The molecule has 2 heterocycles. The number of piperidine rings is 1. The van der Waals surface area contributed by atoms with Crippen molar-refractivity contribution < 1.29 is 4.79 Å². The normalized spacial score (nSPS) is 15.0. The maximum absolute atomic E-state index is 12.6. The van der Waals surface area contributed by atoms with Gasteiger partial charge in [0.05, 0.1) is 0 Å². The van der Waals surface area contributed by atoms with Crippen molar-refractivity contribution in [3.05, 3.63) is 41.9 Å². The molecule has 0 unspecified atom stereocenters. The molecule has 1 aliphatic rings. The van der Waals surface area contributed by atoms with Crippen LogP contribution in [0.25, 0.3) is 0 Å². The van der Waals surface area contributed by atoms with Crippen molar-refractivity contribution in [1.29, 1.82) is 0 Å². The Labute approximate surface area is 155 Å². The maximum atomic E-state index is 12.6. The number of anilines is 3. The van der Waals surface area contributed by atoms with Crippen LogP contribution in [0.15, 0.2) is 30.3 Å². The second kappa shape index (κ2) is 7.72. The number of carbonyl (C=O) groups excluding carboxylic acids is 1. The fourth-order valence-electron chi connectivity index (χ4n) is 3.11. The number of hydrogen-bond acceptors (Lipinski definition) is 5. The summed E-state index contributed by atoms with van der Waals surface area (Å²) < 4.78 is 0. The third-order valence-electron chi connectivity index (χ3n) is 4.81. The van der Waals surface area contributed by atoms with Crippen molar-refractivity contribution >= 4 is 23.1 Å². The first kappa shape index (κ1) is 18.2. The molecule has 1 saturated heterocycles. The van der Waals surface area contributed by atoms with E-state index in [1.807, 2.05) is 50.2 Å². The van der Waals surface area contributed by atoms with Gasteiger partial charge < -0.3 is 15.1 Å². The Bertz CT molecular complexity index is 764. The topological polar surface area (TPSA) is 61.4 Å². The van der Waals surface area contributed by atoms with E-state index in [2.05, 4.69) is 27.1 Å². The van der Waals surface area contributed by atoms with Crippen LogP contribution in [0.2, 0.25) is 0 Å². The van der Waals surface area contributed by atoms with E-state index in [4.69, 9.17) is 0 Å². The third-order valence-corrected chi connectivity index (χ3v) is 4.81. The predicted octanol–water partition coefficient (Wildman–Crippen LogP) is 3.34. The highest BCUT2D eigenvalue weighted by Crippen LogP contribution is 2.22. The highest BCUT2D eigenvalue weighted by atomic mass is 16.1. The molecule has 0 aliphatic carbocycles. The number of nitrogens with zero attached hydrogens (tertiary/aromatic N) is 4. The summed E-state index contributed by atoms with van der Waals surface area (Å²) in [4.78, 5) is 25.8. The lowest BCUT2D eigenvalue weighted by molar-refractivity contribution is 0.102. The van der Waals surface area contributed by atoms with Crippen LogP contribution in [-0.4, -0.2) is 43.1 Å². The zero-order valence-corrected chi connectivity index (χ0v) is 16.0. The molecule has 1 aromatic heterocycles. The minimum atomic E-state index is -0.209. The van der Waals surface area contributed by atoms with Gasteiger partial charge in [0.15, 0.2) is 0 Å². The van der Waals surface area contributed by atoms with E-state index in [-0.39, 0.29) is 5.91 Å². The number of carbonyl (C=O) groups is 1. The van der Waals surface area contributed by atoms with Crippen LogP contribution in [0.5, 0.6) is 0 Å². The second-order valence-electron chi connectivity index (χ2n) is 7.22. The average Bonchev–Trinajstić information content (AvgIpc) is 2.62. The first-order valence-corrected chi connectivity index (χ1v) is 9.12. The molecule has 138 valence electrons. The maximum Gasteiger partial charge on any atom is 0.274 e. The summed E-state index contributed by atoms with van der Waals surface area (Å²) in [7, 11) is 3.97. The minimum Gasteiger partial charge on any atom is -0.378 e. The summed E-state index contributed by atoms with van der Waals surface area (Å²) in [6.07, 6.45) is 2.31. The molecule has 1 fully saturated rings. The summed E-state index contributed by atoms with van der Waals surface area (Å²) in [6, 6.07) is 9.54. The Morgan fingerprint density at radius 1 is 1.15 bits per heavy atom. The SMILES string of the molecule is Cc1nc(C(=O)Nc2ccc(N(C)C)cc2)cc(N2CCC(C)CC2)n1. The molecule has 6 heteroatoms. The number of aromatic nitrogens is 2. The van der Waals surface area contributed by atoms with Crippen molar-refractivity contribution in [3.8, 4) is 0 Å². The molecule has 2 aromatic rings. The standard InChI is InChI=1S/C20H27N5O/c1-14-9-11-25(12-10-14)19-13-18(21-15(2)22-19)20(26)23-16-5-7-17(8-6-16)24(3)4/h5-8,13-14H,9-12H2,1-4H3,(H,23,26).